The fraction of sp³-hybridized carbons (Fsp3) is 0.214. The molecule has 1 unspecified atom stereocenters. The molecule has 1 aromatic carbocycles. The highest BCUT2D eigenvalue weighted by atomic mass is 35.7. The van der Waals surface area contributed by atoms with Gasteiger partial charge in [0.2, 0.25) is 17.1 Å². The minimum Gasteiger partial charge on any atom is -0.437 e. The molecule has 138 valence electrons. The van der Waals surface area contributed by atoms with Crippen LogP contribution >= 0.6 is 30.0 Å². The number of nitrogens with zero attached hydrogens (tertiary/aromatic N) is 2. The van der Waals surface area contributed by atoms with Crippen LogP contribution in [0.3, 0.4) is 0 Å². The average Bonchev–Trinajstić information content (AvgIpc) is 2.54. The van der Waals surface area contributed by atoms with Crippen LogP contribution in [-0.2, 0) is 17.2 Å². The summed E-state index contributed by atoms with van der Waals surface area (Å²) in [7, 11) is -2.59. The largest absolute Gasteiger partial charge is 0.501 e. The Labute approximate surface area is 155 Å². The van der Waals surface area contributed by atoms with Crippen LogP contribution in [0.25, 0.3) is 0 Å². The first-order valence-corrected chi connectivity index (χ1v) is 9.43. The number of aryl methyl sites for hydroxylation is 1. The Morgan fingerprint density at radius 2 is 2.00 bits per heavy atom. The van der Waals surface area contributed by atoms with E-state index in [1.807, 2.05) is 0 Å². The molecule has 0 saturated heterocycles. The molecule has 6 nitrogen and oxygen atoms in total. The normalized spacial score (nSPS) is 12.0. The third-order valence-electron chi connectivity index (χ3n) is 3.27. The van der Waals surface area contributed by atoms with Crippen molar-refractivity contribution in [3.8, 4) is 11.6 Å². The number of nitro groups is 1. The van der Waals surface area contributed by atoms with Crippen LogP contribution in [0, 0.1) is 10.1 Å². The second-order valence-electron chi connectivity index (χ2n) is 4.91. The van der Waals surface area contributed by atoms with E-state index in [0.717, 1.165) is 12.1 Å². The van der Waals surface area contributed by atoms with Crippen molar-refractivity contribution in [2.75, 3.05) is 0 Å². The Bertz CT molecular complexity index is 893. The van der Waals surface area contributed by atoms with Gasteiger partial charge < -0.3 is 4.74 Å². The Hall–Kier alpha value is -1.96. The van der Waals surface area contributed by atoms with Crippen molar-refractivity contribution in [3.05, 3.63) is 50.7 Å². The van der Waals surface area contributed by atoms with Gasteiger partial charge in [-0.25, -0.2) is 4.98 Å². The van der Waals surface area contributed by atoms with Crippen molar-refractivity contribution in [2.45, 2.75) is 19.5 Å². The Morgan fingerprint density at radius 1 is 1.35 bits per heavy atom. The average molecular weight is 428 g/mol. The fourth-order valence-electron chi connectivity index (χ4n) is 2.02. The summed E-state index contributed by atoms with van der Waals surface area (Å²) in [5, 5.41) is 10.4. The van der Waals surface area contributed by atoms with E-state index in [4.69, 9.17) is 27.6 Å². The standard InChI is InChI=1S/C14H9Cl2F3N2O4P/c1-2-7-3-10(21(22)23)12(26(16)24)5-11(7)25-13-9(15)4-8(6-20-13)14(17,18)19/h3-6H,2H2,1H3/q+1. The molecule has 0 aliphatic rings. The second-order valence-corrected chi connectivity index (χ2v) is 7.21. The molecule has 2 rings (SSSR count). The van der Waals surface area contributed by atoms with Crippen LogP contribution in [0.4, 0.5) is 18.9 Å². The third-order valence-corrected chi connectivity index (χ3v) is 4.82. The molecule has 0 bridgehead atoms. The summed E-state index contributed by atoms with van der Waals surface area (Å²) in [4.78, 5) is 13.9. The molecule has 1 heterocycles. The maximum Gasteiger partial charge on any atom is 0.501 e. The number of hydrogen-bond donors (Lipinski definition) is 0. The van der Waals surface area contributed by atoms with E-state index in [0.29, 0.717) is 17.8 Å². The topological polar surface area (TPSA) is 82.3 Å². The van der Waals surface area contributed by atoms with Gasteiger partial charge in [0.25, 0.3) is 5.30 Å². The highest BCUT2D eigenvalue weighted by Gasteiger charge is 2.34. The lowest BCUT2D eigenvalue weighted by Crippen LogP contribution is -2.08. The monoisotopic (exact) mass is 427 g/mol. The first-order chi connectivity index (χ1) is 12.0. The van der Waals surface area contributed by atoms with Crippen LogP contribution in [0.2, 0.25) is 5.02 Å². The minimum atomic E-state index is -4.62. The molecule has 2 aromatic rings. The predicted octanol–water partition coefficient (Wildman–Crippen LogP) is 5.62. The molecule has 12 heteroatoms. The Kier molecular flexibility index (Phi) is 6.05. The molecule has 1 aromatic heterocycles. The summed E-state index contributed by atoms with van der Waals surface area (Å²) in [6.07, 6.45) is -3.80. The number of ether oxygens (including phenoxy) is 1. The lowest BCUT2D eigenvalue weighted by atomic mass is 10.1. The number of aromatic nitrogens is 1. The molecule has 0 saturated carbocycles. The van der Waals surface area contributed by atoms with Crippen LogP contribution in [0.15, 0.2) is 24.4 Å². The molecule has 1 atom stereocenters. The molecular formula is C14H9Cl2F3N2O4P+. The number of rotatable bonds is 5. The van der Waals surface area contributed by atoms with E-state index in [2.05, 4.69) is 4.98 Å². The summed E-state index contributed by atoms with van der Waals surface area (Å²) in [6.45, 7) is 1.67. The van der Waals surface area contributed by atoms with Crippen molar-refractivity contribution >= 4 is 41.0 Å². The first kappa shape index (κ1) is 20.4. The van der Waals surface area contributed by atoms with Gasteiger partial charge >= 0.3 is 19.0 Å². The Balaban J connectivity index is 2.51. The lowest BCUT2D eigenvalue weighted by Gasteiger charge is -2.12. The van der Waals surface area contributed by atoms with E-state index < -0.39 is 34.5 Å². The van der Waals surface area contributed by atoms with Crippen molar-refractivity contribution in [2.24, 2.45) is 0 Å². The molecule has 0 spiro atoms. The quantitative estimate of drug-likeness (QED) is 0.351. The molecule has 0 aliphatic carbocycles. The molecule has 0 N–H and O–H groups in total. The van der Waals surface area contributed by atoms with Gasteiger partial charge in [0.05, 0.1) is 10.5 Å². The number of pyridine rings is 1. The smallest absolute Gasteiger partial charge is 0.437 e. The van der Waals surface area contributed by atoms with E-state index >= 15 is 0 Å². The van der Waals surface area contributed by atoms with E-state index in [1.54, 1.807) is 6.92 Å². The number of alkyl halides is 3. The zero-order valence-corrected chi connectivity index (χ0v) is 15.3. The molecule has 0 aliphatic heterocycles. The zero-order valence-electron chi connectivity index (χ0n) is 12.9. The minimum absolute atomic E-state index is 0.00580. The maximum absolute atomic E-state index is 12.7. The summed E-state index contributed by atoms with van der Waals surface area (Å²) >= 11 is 11.3. The van der Waals surface area contributed by atoms with Crippen LogP contribution in [0.5, 0.6) is 11.6 Å². The number of nitro benzene ring substituents is 1. The van der Waals surface area contributed by atoms with E-state index in [1.165, 1.54) is 0 Å². The van der Waals surface area contributed by atoms with Gasteiger partial charge in [-0.2, -0.15) is 13.2 Å². The van der Waals surface area contributed by atoms with Crippen molar-refractivity contribution in [1.29, 1.82) is 0 Å². The summed E-state index contributed by atoms with van der Waals surface area (Å²) in [5.74, 6) is -0.328. The van der Waals surface area contributed by atoms with Gasteiger partial charge in [0.1, 0.15) is 10.8 Å². The predicted molar refractivity (Wildman–Crippen MR) is 89.9 cm³/mol. The first-order valence-electron chi connectivity index (χ1n) is 6.89. The lowest BCUT2D eigenvalue weighted by molar-refractivity contribution is -0.383. The maximum atomic E-state index is 12.7. The van der Waals surface area contributed by atoms with Gasteiger partial charge in [0, 0.05) is 23.9 Å². The molecule has 0 amide bonds. The van der Waals surface area contributed by atoms with Gasteiger partial charge in [-0.15, -0.1) is 0 Å². The Morgan fingerprint density at radius 3 is 2.46 bits per heavy atom. The molecule has 0 fully saturated rings. The molecule has 26 heavy (non-hydrogen) atoms. The highest BCUT2D eigenvalue weighted by molar-refractivity contribution is 7.80. The van der Waals surface area contributed by atoms with E-state index in [9.17, 15) is 27.9 Å². The fourth-order valence-corrected chi connectivity index (χ4v) is 3.18. The van der Waals surface area contributed by atoms with Gasteiger partial charge in [0.15, 0.2) is 0 Å². The number of hydrogen-bond acceptors (Lipinski definition) is 5. The SMILES string of the molecule is CCc1cc([N+](=O)[O-])c([P+](=O)Cl)cc1Oc1ncc(C(F)(F)F)cc1Cl. The molecule has 0 radical (unpaired) electrons. The summed E-state index contributed by atoms with van der Waals surface area (Å²) in [6, 6.07) is 2.88. The number of halogens is 5. The van der Waals surface area contributed by atoms with Gasteiger partial charge in [-0.3, -0.25) is 10.1 Å². The highest BCUT2D eigenvalue weighted by Crippen LogP contribution is 2.38. The van der Waals surface area contributed by atoms with Crippen LogP contribution < -0.4 is 10.0 Å². The summed E-state index contributed by atoms with van der Waals surface area (Å²) in [5.41, 5.74) is -1.16. The number of benzene rings is 1. The van der Waals surface area contributed by atoms with Crippen molar-refractivity contribution < 1.29 is 27.4 Å². The van der Waals surface area contributed by atoms with Crippen LogP contribution in [-0.4, -0.2) is 9.91 Å². The van der Waals surface area contributed by atoms with Crippen LogP contribution in [0.1, 0.15) is 18.1 Å². The van der Waals surface area contributed by atoms with Crippen molar-refractivity contribution in [3.63, 3.8) is 0 Å². The van der Waals surface area contributed by atoms with Gasteiger partial charge in [-0.1, -0.05) is 18.5 Å². The molecular weight excluding hydrogens is 419 g/mol. The summed E-state index contributed by atoms with van der Waals surface area (Å²) < 4.78 is 55.0. The second kappa shape index (κ2) is 7.73. The van der Waals surface area contributed by atoms with E-state index in [-0.39, 0.29) is 23.4 Å². The van der Waals surface area contributed by atoms with Gasteiger partial charge in [-0.05, 0) is 17.1 Å². The third kappa shape index (κ3) is 4.41. The van der Waals surface area contributed by atoms with Crippen molar-refractivity contribution in [1.82, 2.24) is 4.98 Å². The zero-order chi connectivity index (χ0) is 19.6.